The highest BCUT2D eigenvalue weighted by Gasteiger charge is 2.32. The van der Waals surface area contributed by atoms with Crippen molar-refractivity contribution in [1.82, 2.24) is 4.90 Å². The number of carboxylic acid groups (broad SMARTS) is 1. The molecular weight excluding hydrogens is 444 g/mol. The Hall–Kier alpha value is -4.05. The summed E-state index contributed by atoms with van der Waals surface area (Å²) in [5, 5.41) is 18.6. The maximum absolute atomic E-state index is 13.5. The number of carbonyl (C=O) groups is 2. The quantitative estimate of drug-likeness (QED) is 0.327. The summed E-state index contributed by atoms with van der Waals surface area (Å²) in [5.74, 6) is 0.306. The van der Waals surface area contributed by atoms with Gasteiger partial charge in [-0.1, -0.05) is 30.3 Å². The third-order valence-corrected chi connectivity index (χ3v) is 5.72. The molecule has 0 bridgehead atoms. The fourth-order valence-corrected chi connectivity index (χ4v) is 3.64. The van der Waals surface area contributed by atoms with Gasteiger partial charge in [-0.2, -0.15) is 5.26 Å². The topological polar surface area (TPSA) is 104 Å². The molecule has 0 fully saturated rings. The van der Waals surface area contributed by atoms with E-state index in [-0.39, 0.29) is 18.9 Å². The lowest BCUT2D eigenvalue weighted by Crippen LogP contribution is -2.46. The molecule has 0 saturated carbocycles. The standard InChI is InChI=1S/C28H30N2O5/c1-28(2,20-29)30(27(33)22-15-13-21(14-16-22)24-11-8-18-35-24)19-23-9-5-6-10-25(23)34-17-7-3-4-12-26(31)32/h5-6,8-11,13-16,18H,3-4,7,12,17,19H2,1-2H3,(H,31,32). The second-order valence-corrected chi connectivity index (χ2v) is 8.78. The predicted molar refractivity (Wildman–Crippen MR) is 132 cm³/mol. The van der Waals surface area contributed by atoms with Crippen molar-refractivity contribution in [2.24, 2.45) is 0 Å². The number of hydrogen-bond donors (Lipinski definition) is 1. The highest BCUT2D eigenvalue weighted by molar-refractivity contribution is 5.95. The van der Waals surface area contributed by atoms with E-state index in [2.05, 4.69) is 6.07 Å². The van der Waals surface area contributed by atoms with E-state index in [0.717, 1.165) is 24.0 Å². The first-order valence-electron chi connectivity index (χ1n) is 11.6. The molecule has 0 spiro atoms. The van der Waals surface area contributed by atoms with Crippen molar-refractivity contribution in [1.29, 1.82) is 5.26 Å². The van der Waals surface area contributed by atoms with Gasteiger partial charge < -0.3 is 19.2 Å². The van der Waals surface area contributed by atoms with Gasteiger partial charge in [0.15, 0.2) is 0 Å². The molecular formula is C28H30N2O5. The van der Waals surface area contributed by atoms with E-state index >= 15 is 0 Å². The van der Waals surface area contributed by atoms with Crippen LogP contribution in [0.3, 0.4) is 0 Å². The summed E-state index contributed by atoms with van der Waals surface area (Å²) in [5.41, 5.74) is 1.07. The summed E-state index contributed by atoms with van der Waals surface area (Å²) >= 11 is 0. The smallest absolute Gasteiger partial charge is 0.303 e. The van der Waals surface area contributed by atoms with Crippen LogP contribution in [0.25, 0.3) is 11.3 Å². The highest BCUT2D eigenvalue weighted by Crippen LogP contribution is 2.27. The van der Waals surface area contributed by atoms with Gasteiger partial charge in [-0.05, 0) is 63.4 Å². The van der Waals surface area contributed by atoms with Crippen molar-refractivity contribution in [3.63, 3.8) is 0 Å². The molecule has 1 heterocycles. The van der Waals surface area contributed by atoms with Gasteiger partial charge in [0.25, 0.3) is 5.91 Å². The lowest BCUT2D eigenvalue weighted by Gasteiger charge is -2.34. The number of hydrogen-bond acceptors (Lipinski definition) is 5. The minimum atomic E-state index is -1.05. The van der Waals surface area contributed by atoms with E-state index in [1.165, 1.54) is 0 Å². The summed E-state index contributed by atoms with van der Waals surface area (Å²) in [6.45, 7) is 4.08. The molecule has 1 aromatic heterocycles. The van der Waals surface area contributed by atoms with Gasteiger partial charge in [-0.15, -0.1) is 0 Å². The summed E-state index contributed by atoms with van der Waals surface area (Å²) < 4.78 is 11.4. The first kappa shape index (κ1) is 25.6. The van der Waals surface area contributed by atoms with E-state index in [1.807, 2.05) is 42.5 Å². The van der Waals surface area contributed by atoms with E-state index in [0.29, 0.717) is 30.1 Å². The van der Waals surface area contributed by atoms with E-state index in [1.54, 1.807) is 43.2 Å². The molecule has 1 amide bonds. The largest absolute Gasteiger partial charge is 0.493 e. The number of aliphatic carboxylic acids is 1. The molecule has 1 N–H and O–H groups in total. The molecule has 3 rings (SSSR count). The first-order valence-corrected chi connectivity index (χ1v) is 11.6. The molecule has 0 saturated heterocycles. The Kier molecular flexibility index (Phi) is 8.69. The Labute approximate surface area is 205 Å². The zero-order chi connectivity index (χ0) is 25.3. The van der Waals surface area contributed by atoms with Crippen LogP contribution in [0.2, 0.25) is 0 Å². The van der Waals surface area contributed by atoms with Gasteiger partial charge in [0, 0.05) is 23.1 Å². The minimum Gasteiger partial charge on any atom is -0.493 e. The number of rotatable bonds is 12. The molecule has 0 aliphatic heterocycles. The number of carboxylic acids is 1. The van der Waals surface area contributed by atoms with Crippen LogP contribution < -0.4 is 4.74 Å². The molecule has 3 aromatic rings. The van der Waals surface area contributed by atoms with Crippen molar-refractivity contribution in [2.75, 3.05) is 6.61 Å². The number of amides is 1. The second-order valence-electron chi connectivity index (χ2n) is 8.78. The number of para-hydroxylation sites is 1. The number of furan rings is 1. The number of nitriles is 1. The summed E-state index contributed by atoms with van der Waals surface area (Å²) in [7, 11) is 0. The Bertz CT molecular complexity index is 1160. The fraction of sp³-hybridized carbons (Fsp3) is 0.321. The predicted octanol–water partition coefficient (Wildman–Crippen LogP) is 5.91. The molecule has 0 atom stereocenters. The Morgan fingerprint density at radius 1 is 1.03 bits per heavy atom. The Morgan fingerprint density at radius 3 is 2.43 bits per heavy atom. The number of nitrogens with zero attached hydrogens (tertiary/aromatic N) is 2. The second kappa shape index (κ2) is 11.9. The molecule has 0 unspecified atom stereocenters. The van der Waals surface area contributed by atoms with Crippen molar-refractivity contribution in [3.05, 3.63) is 78.1 Å². The summed E-state index contributed by atoms with van der Waals surface area (Å²) in [6, 6.07) is 20.5. The van der Waals surface area contributed by atoms with Crippen LogP contribution >= 0.6 is 0 Å². The van der Waals surface area contributed by atoms with Crippen molar-refractivity contribution in [3.8, 4) is 23.1 Å². The Balaban J connectivity index is 1.74. The van der Waals surface area contributed by atoms with Gasteiger partial charge in [0.1, 0.15) is 17.0 Å². The number of carbonyl (C=O) groups excluding carboxylic acids is 1. The van der Waals surface area contributed by atoms with Gasteiger partial charge in [-0.25, -0.2) is 0 Å². The summed E-state index contributed by atoms with van der Waals surface area (Å²) in [6.07, 6.45) is 3.85. The molecule has 182 valence electrons. The fourth-order valence-electron chi connectivity index (χ4n) is 3.64. The van der Waals surface area contributed by atoms with Crippen molar-refractivity contribution >= 4 is 11.9 Å². The van der Waals surface area contributed by atoms with Gasteiger partial charge >= 0.3 is 5.97 Å². The molecule has 35 heavy (non-hydrogen) atoms. The monoisotopic (exact) mass is 474 g/mol. The molecule has 0 radical (unpaired) electrons. The number of benzene rings is 2. The average molecular weight is 475 g/mol. The maximum Gasteiger partial charge on any atom is 0.303 e. The van der Waals surface area contributed by atoms with Crippen molar-refractivity contribution in [2.45, 2.75) is 51.6 Å². The van der Waals surface area contributed by atoms with Crippen LogP contribution in [0.1, 0.15) is 55.5 Å². The summed E-state index contributed by atoms with van der Waals surface area (Å²) in [4.78, 5) is 25.7. The molecule has 0 aliphatic rings. The normalized spacial score (nSPS) is 11.0. The highest BCUT2D eigenvalue weighted by atomic mass is 16.5. The van der Waals surface area contributed by atoms with Crippen LogP contribution in [0.15, 0.2) is 71.3 Å². The SMILES string of the molecule is CC(C)(C#N)N(Cc1ccccc1OCCCCCC(=O)O)C(=O)c1ccc(-c2ccco2)cc1. The van der Waals surface area contributed by atoms with Crippen molar-refractivity contribution < 1.29 is 23.8 Å². The number of ether oxygens (including phenoxy) is 1. The van der Waals surface area contributed by atoms with Gasteiger partial charge in [0.2, 0.25) is 0 Å². The third kappa shape index (κ3) is 6.97. The lowest BCUT2D eigenvalue weighted by atomic mass is 10.0. The molecule has 2 aromatic carbocycles. The molecule has 7 nitrogen and oxygen atoms in total. The van der Waals surface area contributed by atoms with Gasteiger partial charge in [0.05, 0.1) is 25.5 Å². The zero-order valence-corrected chi connectivity index (χ0v) is 20.1. The zero-order valence-electron chi connectivity index (χ0n) is 20.1. The van der Waals surface area contributed by atoms with Crippen LogP contribution in [0, 0.1) is 11.3 Å². The first-order chi connectivity index (χ1) is 16.8. The van der Waals surface area contributed by atoms with Gasteiger partial charge in [-0.3, -0.25) is 9.59 Å². The average Bonchev–Trinajstić information content (AvgIpc) is 3.40. The lowest BCUT2D eigenvalue weighted by molar-refractivity contribution is -0.137. The Morgan fingerprint density at radius 2 is 1.77 bits per heavy atom. The van der Waals surface area contributed by atoms with Crippen LogP contribution in [-0.2, 0) is 11.3 Å². The third-order valence-electron chi connectivity index (χ3n) is 5.72. The van der Waals surface area contributed by atoms with E-state index in [4.69, 9.17) is 14.3 Å². The molecule has 0 aliphatic carbocycles. The maximum atomic E-state index is 13.5. The van der Waals surface area contributed by atoms with E-state index in [9.17, 15) is 14.9 Å². The van der Waals surface area contributed by atoms with Crippen LogP contribution in [-0.4, -0.2) is 34.0 Å². The van der Waals surface area contributed by atoms with E-state index < -0.39 is 11.5 Å². The number of unbranched alkanes of at least 4 members (excludes halogenated alkanes) is 2. The minimum absolute atomic E-state index is 0.152. The van der Waals surface area contributed by atoms with Crippen LogP contribution in [0.5, 0.6) is 5.75 Å². The molecule has 7 heteroatoms. The van der Waals surface area contributed by atoms with Crippen LogP contribution in [0.4, 0.5) is 0 Å².